The molecule has 0 aliphatic rings. The number of anilines is 1. The van der Waals surface area contributed by atoms with E-state index in [9.17, 15) is 0 Å². The van der Waals surface area contributed by atoms with Gasteiger partial charge in [0.15, 0.2) is 5.76 Å². The van der Waals surface area contributed by atoms with Gasteiger partial charge in [-0.2, -0.15) is 0 Å². The maximum atomic E-state index is 5.37. The van der Waals surface area contributed by atoms with E-state index in [1.807, 2.05) is 37.3 Å². The molecule has 0 radical (unpaired) electrons. The number of benzene rings is 1. The fourth-order valence-corrected chi connectivity index (χ4v) is 2.62. The van der Waals surface area contributed by atoms with Gasteiger partial charge in [0.1, 0.15) is 5.75 Å². The van der Waals surface area contributed by atoms with E-state index < -0.39 is 0 Å². The van der Waals surface area contributed by atoms with Crippen LogP contribution < -0.4 is 10.1 Å². The molecule has 1 N–H and O–H groups in total. The summed E-state index contributed by atoms with van der Waals surface area (Å²) in [4.78, 5) is 9.10. The third kappa shape index (κ3) is 3.79. The quantitative estimate of drug-likeness (QED) is 0.727. The second-order valence-corrected chi connectivity index (χ2v) is 6.15. The number of rotatable bonds is 6. The van der Waals surface area contributed by atoms with Gasteiger partial charge >= 0.3 is 0 Å². The van der Waals surface area contributed by atoms with E-state index in [0.29, 0.717) is 18.3 Å². The molecule has 0 unspecified atom stereocenters. The fraction of sp³-hybridized carbons (Fsp3) is 0.316. The van der Waals surface area contributed by atoms with Gasteiger partial charge in [-0.3, -0.25) is 0 Å². The number of aryl methyl sites for hydroxylation is 1. The minimum absolute atomic E-state index is 0.232. The van der Waals surface area contributed by atoms with Gasteiger partial charge in [0, 0.05) is 24.4 Å². The molecule has 0 saturated heterocycles. The first-order valence-corrected chi connectivity index (χ1v) is 8.25. The summed E-state index contributed by atoms with van der Waals surface area (Å²) in [7, 11) is 1.67. The maximum Gasteiger partial charge on any atom is 0.223 e. The molecule has 0 fully saturated rings. The van der Waals surface area contributed by atoms with Gasteiger partial charge in [0.05, 0.1) is 24.1 Å². The number of hydrogen-bond donors (Lipinski definition) is 1. The van der Waals surface area contributed by atoms with Crippen molar-refractivity contribution < 1.29 is 9.26 Å². The molecule has 3 rings (SSSR count). The van der Waals surface area contributed by atoms with Crippen molar-refractivity contribution in [3.63, 3.8) is 0 Å². The fourth-order valence-electron chi connectivity index (χ4n) is 2.62. The molecular formula is C19H22N4O2. The Hall–Kier alpha value is -2.89. The summed E-state index contributed by atoms with van der Waals surface area (Å²) in [6.07, 6.45) is 1.78. The van der Waals surface area contributed by atoms with Crippen LogP contribution in [0.2, 0.25) is 0 Å². The molecule has 2 aromatic heterocycles. The van der Waals surface area contributed by atoms with Gasteiger partial charge < -0.3 is 14.6 Å². The number of para-hydroxylation sites is 1. The van der Waals surface area contributed by atoms with E-state index in [1.54, 1.807) is 13.3 Å². The molecular weight excluding hydrogens is 316 g/mol. The SMILES string of the molecule is COc1ccccc1CNc1ncc(-c2cc(C)no2)c(C(C)C)n1. The van der Waals surface area contributed by atoms with Crippen LogP contribution in [0.3, 0.4) is 0 Å². The Balaban J connectivity index is 1.84. The summed E-state index contributed by atoms with van der Waals surface area (Å²) < 4.78 is 10.7. The average Bonchev–Trinajstić information content (AvgIpc) is 3.06. The normalized spacial score (nSPS) is 10.9. The van der Waals surface area contributed by atoms with Crippen LogP contribution in [0.5, 0.6) is 5.75 Å². The zero-order chi connectivity index (χ0) is 17.8. The molecule has 0 aliphatic carbocycles. The highest BCUT2D eigenvalue weighted by Crippen LogP contribution is 2.28. The van der Waals surface area contributed by atoms with Crippen molar-refractivity contribution in [3.8, 4) is 17.1 Å². The number of nitrogens with one attached hydrogen (secondary N) is 1. The Bertz CT molecular complexity index is 858. The van der Waals surface area contributed by atoms with Gasteiger partial charge in [0.25, 0.3) is 0 Å². The standard InChI is InChI=1S/C19H22N4O2/c1-12(2)18-15(17-9-13(3)23-25-17)11-21-19(22-18)20-10-14-7-5-6-8-16(14)24-4/h5-9,11-12H,10H2,1-4H3,(H,20,21,22). The van der Waals surface area contributed by atoms with Crippen LogP contribution in [0.1, 0.15) is 36.7 Å². The highest BCUT2D eigenvalue weighted by Gasteiger charge is 2.16. The van der Waals surface area contributed by atoms with Gasteiger partial charge in [-0.25, -0.2) is 9.97 Å². The predicted octanol–water partition coefficient (Wildman–Crippen LogP) is 4.18. The molecule has 25 heavy (non-hydrogen) atoms. The number of ether oxygens (including phenoxy) is 1. The lowest BCUT2D eigenvalue weighted by Crippen LogP contribution is -2.08. The number of aromatic nitrogens is 3. The summed E-state index contributed by atoms with van der Waals surface area (Å²) in [5.41, 5.74) is 3.69. The van der Waals surface area contributed by atoms with Crippen LogP contribution >= 0.6 is 0 Å². The Morgan fingerprint density at radius 1 is 1.24 bits per heavy atom. The first-order valence-electron chi connectivity index (χ1n) is 8.25. The molecule has 0 amide bonds. The van der Waals surface area contributed by atoms with E-state index in [2.05, 4.69) is 34.3 Å². The molecule has 6 heteroatoms. The molecule has 0 spiro atoms. The summed E-state index contributed by atoms with van der Waals surface area (Å²) in [5, 5.41) is 7.22. The molecule has 0 atom stereocenters. The lowest BCUT2D eigenvalue weighted by atomic mass is 10.0. The van der Waals surface area contributed by atoms with E-state index in [4.69, 9.17) is 9.26 Å². The second-order valence-electron chi connectivity index (χ2n) is 6.15. The predicted molar refractivity (Wildman–Crippen MR) is 96.7 cm³/mol. The van der Waals surface area contributed by atoms with Gasteiger partial charge in [0.2, 0.25) is 5.95 Å². The minimum Gasteiger partial charge on any atom is -0.496 e. The third-order valence-corrected chi connectivity index (χ3v) is 3.89. The summed E-state index contributed by atoms with van der Waals surface area (Å²) in [5.74, 6) is 2.34. The molecule has 6 nitrogen and oxygen atoms in total. The summed E-state index contributed by atoms with van der Waals surface area (Å²) >= 11 is 0. The Labute approximate surface area is 147 Å². The molecule has 3 aromatic rings. The summed E-state index contributed by atoms with van der Waals surface area (Å²) in [6, 6.07) is 9.78. The molecule has 0 saturated carbocycles. The Morgan fingerprint density at radius 2 is 2.04 bits per heavy atom. The lowest BCUT2D eigenvalue weighted by Gasteiger charge is -2.13. The van der Waals surface area contributed by atoms with Gasteiger partial charge in [-0.1, -0.05) is 37.2 Å². The minimum atomic E-state index is 0.232. The van der Waals surface area contributed by atoms with E-state index >= 15 is 0 Å². The Morgan fingerprint density at radius 3 is 2.72 bits per heavy atom. The lowest BCUT2D eigenvalue weighted by molar-refractivity contribution is 0.410. The average molecular weight is 338 g/mol. The molecule has 130 valence electrons. The van der Waals surface area contributed by atoms with Crippen molar-refractivity contribution in [2.45, 2.75) is 33.2 Å². The van der Waals surface area contributed by atoms with Crippen LogP contribution in [0.25, 0.3) is 11.3 Å². The van der Waals surface area contributed by atoms with Gasteiger partial charge in [-0.15, -0.1) is 0 Å². The highest BCUT2D eigenvalue weighted by molar-refractivity contribution is 5.61. The van der Waals surface area contributed by atoms with Crippen LogP contribution in [-0.4, -0.2) is 22.2 Å². The molecule has 0 bridgehead atoms. The van der Waals surface area contributed by atoms with Crippen molar-refractivity contribution in [1.82, 2.24) is 15.1 Å². The number of nitrogens with zero attached hydrogens (tertiary/aromatic N) is 3. The zero-order valence-corrected chi connectivity index (χ0v) is 14.9. The molecule has 0 aliphatic heterocycles. The smallest absolute Gasteiger partial charge is 0.223 e. The summed E-state index contributed by atoms with van der Waals surface area (Å²) in [6.45, 7) is 6.67. The molecule has 1 aromatic carbocycles. The van der Waals surface area contributed by atoms with Crippen LogP contribution in [0.15, 0.2) is 41.1 Å². The second kappa shape index (κ2) is 7.34. The van der Waals surface area contributed by atoms with Crippen molar-refractivity contribution in [1.29, 1.82) is 0 Å². The maximum absolute atomic E-state index is 5.37. The van der Waals surface area contributed by atoms with Gasteiger partial charge in [-0.05, 0) is 18.9 Å². The third-order valence-electron chi connectivity index (χ3n) is 3.89. The van der Waals surface area contributed by atoms with E-state index in [-0.39, 0.29) is 5.92 Å². The van der Waals surface area contributed by atoms with E-state index in [0.717, 1.165) is 28.3 Å². The van der Waals surface area contributed by atoms with E-state index in [1.165, 1.54) is 0 Å². The van der Waals surface area contributed by atoms with Crippen molar-refractivity contribution >= 4 is 5.95 Å². The van der Waals surface area contributed by atoms with Crippen LogP contribution in [-0.2, 0) is 6.54 Å². The van der Waals surface area contributed by atoms with Crippen molar-refractivity contribution in [3.05, 3.63) is 53.5 Å². The highest BCUT2D eigenvalue weighted by atomic mass is 16.5. The first kappa shape index (κ1) is 17.0. The first-order chi connectivity index (χ1) is 12.1. The number of methoxy groups -OCH3 is 1. The van der Waals surface area contributed by atoms with Crippen LogP contribution in [0, 0.1) is 6.92 Å². The monoisotopic (exact) mass is 338 g/mol. The largest absolute Gasteiger partial charge is 0.496 e. The number of hydrogen-bond acceptors (Lipinski definition) is 6. The van der Waals surface area contributed by atoms with Crippen molar-refractivity contribution in [2.24, 2.45) is 0 Å². The topological polar surface area (TPSA) is 73.1 Å². The van der Waals surface area contributed by atoms with Crippen LogP contribution in [0.4, 0.5) is 5.95 Å². The molecule has 2 heterocycles. The Kier molecular flexibility index (Phi) is 4.97. The zero-order valence-electron chi connectivity index (χ0n) is 14.9. The van der Waals surface area contributed by atoms with Crippen molar-refractivity contribution in [2.75, 3.05) is 12.4 Å².